The van der Waals surface area contributed by atoms with Crippen LogP contribution in [0.15, 0.2) is 6.33 Å². The van der Waals surface area contributed by atoms with Crippen LogP contribution < -0.4 is 10.6 Å². The third-order valence-electron chi connectivity index (χ3n) is 3.05. The van der Waals surface area contributed by atoms with Gasteiger partial charge in [0.15, 0.2) is 0 Å². The lowest BCUT2D eigenvalue weighted by Gasteiger charge is -2.09. The molecule has 0 saturated heterocycles. The molecule has 1 heterocycles. The number of rotatable bonds is 5. The largest absolute Gasteiger partial charge is 0.355 e. The Bertz CT molecular complexity index is 398. The Labute approximate surface area is 105 Å². The molecule has 98 valence electrons. The number of anilines is 1. The SMILES string of the molecule is O=C(CCNC(=O)C1CCCC1)Nc1ncn[nH]1. The average molecular weight is 251 g/mol. The smallest absolute Gasteiger partial charge is 0.228 e. The van der Waals surface area contributed by atoms with Crippen molar-refractivity contribution in [3.05, 3.63) is 6.33 Å². The second kappa shape index (κ2) is 6.13. The molecular weight excluding hydrogens is 234 g/mol. The van der Waals surface area contributed by atoms with Gasteiger partial charge < -0.3 is 5.32 Å². The zero-order chi connectivity index (χ0) is 12.8. The highest BCUT2D eigenvalue weighted by Crippen LogP contribution is 2.24. The predicted octanol–water partition coefficient (Wildman–Crippen LogP) is 0.440. The van der Waals surface area contributed by atoms with Crippen LogP contribution >= 0.6 is 0 Å². The minimum Gasteiger partial charge on any atom is -0.355 e. The summed E-state index contributed by atoms with van der Waals surface area (Å²) in [6.45, 7) is 0.356. The highest BCUT2D eigenvalue weighted by Gasteiger charge is 2.22. The molecule has 0 atom stereocenters. The van der Waals surface area contributed by atoms with Crippen molar-refractivity contribution >= 4 is 17.8 Å². The first-order valence-electron chi connectivity index (χ1n) is 6.18. The van der Waals surface area contributed by atoms with Gasteiger partial charge in [-0.3, -0.25) is 14.9 Å². The lowest BCUT2D eigenvalue weighted by molar-refractivity contribution is -0.124. The lowest BCUT2D eigenvalue weighted by atomic mass is 10.1. The van der Waals surface area contributed by atoms with Crippen molar-refractivity contribution in [1.29, 1.82) is 0 Å². The number of carbonyl (C=O) groups is 2. The molecule has 0 bridgehead atoms. The maximum atomic E-state index is 11.7. The summed E-state index contributed by atoms with van der Waals surface area (Å²) >= 11 is 0. The van der Waals surface area contributed by atoms with Crippen molar-refractivity contribution in [2.45, 2.75) is 32.1 Å². The van der Waals surface area contributed by atoms with E-state index in [1.54, 1.807) is 0 Å². The number of amides is 2. The fourth-order valence-electron chi connectivity index (χ4n) is 2.09. The Morgan fingerprint density at radius 3 is 2.83 bits per heavy atom. The van der Waals surface area contributed by atoms with E-state index in [1.165, 1.54) is 6.33 Å². The summed E-state index contributed by atoms with van der Waals surface area (Å²) in [4.78, 5) is 26.9. The number of hydrogen-bond acceptors (Lipinski definition) is 4. The molecule has 1 aromatic heterocycles. The van der Waals surface area contributed by atoms with Crippen molar-refractivity contribution in [3.8, 4) is 0 Å². The van der Waals surface area contributed by atoms with E-state index in [0.29, 0.717) is 12.5 Å². The van der Waals surface area contributed by atoms with Gasteiger partial charge in [-0.15, -0.1) is 0 Å². The molecule has 0 aromatic carbocycles. The Morgan fingerprint density at radius 1 is 1.39 bits per heavy atom. The molecule has 3 N–H and O–H groups in total. The van der Waals surface area contributed by atoms with Crippen molar-refractivity contribution in [3.63, 3.8) is 0 Å². The van der Waals surface area contributed by atoms with Gasteiger partial charge in [0.25, 0.3) is 0 Å². The van der Waals surface area contributed by atoms with Gasteiger partial charge in [-0.2, -0.15) is 10.1 Å². The number of nitrogens with one attached hydrogen (secondary N) is 3. The molecule has 1 aromatic rings. The van der Waals surface area contributed by atoms with Crippen LogP contribution in [0.4, 0.5) is 5.95 Å². The number of aromatic amines is 1. The number of nitrogens with zero attached hydrogens (tertiary/aromatic N) is 2. The fraction of sp³-hybridized carbons (Fsp3) is 0.636. The van der Waals surface area contributed by atoms with E-state index in [-0.39, 0.29) is 24.2 Å². The quantitative estimate of drug-likeness (QED) is 0.707. The highest BCUT2D eigenvalue weighted by atomic mass is 16.2. The lowest BCUT2D eigenvalue weighted by Crippen LogP contribution is -2.32. The monoisotopic (exact) mass is 251 g/mol. The van der Waals surface area contributed by atoms with E-state index in [2.05, 4.69) is 25.8 Å². The Hall–Kier alpha value is -1.92. The third-order valence-corrected chi connectivity index (χ3v) is 3.05. The minimum absolute atomic E-state index is 0.0694. The van der Waals surface area contributed by atoms with Crippen LogP contribution in [-0.2, 0) is 9.59 Å². The van der Waals surface area contributed by atoms with Gasteiger partial charge in [0.1, 0.15) is 6.33 Å². The molecule has 0 spiro atoms. The molecule has 7 nitrogen and oxygen atoms in total. The summed E-state index contributed by atoms with van der Waals surface area (Å²) in [5, 5.41) is 11.5. The molecule has 1 saturated carbocycles. The highest BCUT2D eigenvalue weighted by molar-refractivity contribution is 5.89. The maximum Gasteiger partial charge on any atom is 0.228 e. The molecule has 0 radical (unpaired) electrons. The van der Waals surface area contributed by atoms with Gasteiger partial charge in [-0.1, -0.05) is 12.8 Å². The molecule has 2 rings (SSSR count). The van der Waals surface area contributed by atoms with Crippen LogP contribution in [0, 0.1) is 5.92 Å². The minimum atomic E-state index is -0.196. The van der Waals surface area contributed by atoms with Crippen LogP contribution in [0.2, 0.25) is 0 Å². The molecule has 18 heavy (non-hydrogen) atoms. The van der Waals surface area contributed by atoms with Crippen molar-refractivity contribution < 1.29 is 9.59 Å². The van der Waals surface area contributed by atoms with Gasteiger partial charge in [0, 0.05) is 18.9 Å². The van der Waals surface area contributed by atoms with Gasteiger partial charge in [-0.05, 0) is 12.8 Å². The van der Waals surface area contributed by atoms with Gasteiger partial charge in [0.2, 0.25) is 17.8 Å². The molecule has 0 aliphatic heterocycles. The summed E-state index contributed by atoms with van der Waals surface area (Å²) in [5.74, 6) is 0.336. The summed E-state index contributed by atoms with van der Waals surface area (Å²) in [7, 11) is 0. The van der Waals surface area contributed by atoms with Crippen LogP contribution in [0.3, 0.4) is 0 Å². The Kier molecular flexibility index (Phi) is 4.27. The predicted molar refractivity (Wildman–Crippen MR) is 64.6 cm³/mol. The van der Waals surface area contributed by atoms with Gasteiger partial charge in [0.05, 0.1) is 0 Å². The molecule has 1 aliphatic rings. The van der Waals surface area contributed by atoms with E-state index in [1.807, 2.05) is 0 Å². The van der Waals surface area contributed by atoms with E-state index < -0.39 is 0 Å². The standard InChI is InChI=1S/C11H17N5O2/c17-9(15-11-13-7-14-16-11)5-6-12-10(18)8-3-1-2-4-8/h7-8H,1-6H2,(H,12,18)(H2,13,14,15,16,17). The van der Waals surface area contributed by atoms with Crippen molar-refractivity contribution in [2.24, 2.45) is 5.92 Å². The first-order chi connectivity index (χ1) is 8.75. The molecule has 1 fully saturated rings. The Morgan fingerprint density at radius 2 is 2.17 bits per heavy atom. The van der Waals surface area contributed by atoms with E-state index in [4.69, 9.17) is 0 Å². The first-order valence-corrected chi connectivity index (χ1v) is 6.18. The second-order valence-corrected chi connectivity index (χ2v) is 4.40. The number of hydrogen-bond donors (Lipinski definition) is 3. The molecule has 2 amide bonds. The number of H-pyrrole nitrogens is 1. The van der Waals surface area contributed by atoms with Gasteiger partial charge >= 0.3 is 0 Å². The normalized spacial score (nSPS) is 15.6. The summed E-state index contributed by atoms with van der Waals surface area (Å²) in [6.07, 6.45) is 5.75. The van der Waals surface area contributed by atoms with Crippen LogP contribution in [0.1, 0.15) is 32.1 Å². The number of aromatic nitrogens is 3. The molecule has 0 unspecified atom stereocenters. The van der Waals surface area contributed by atoms with E-state index in [0.717, 1.165) is 25.7 Å². The summed E-state index contributed by atoms with van der Waals surface area (Å²) in [6, 6.07) is 0. The number of carbonyl (C=O) groups excluding carboxylic acids is 2. The van der Waals surface area contributed by atoms with Crippen LogP contribution in [0.25, 0.3) is 0 Å². The van der Waals surface area contributed by atoms with Crippen LogP contribution in [-0.4, -0.2) is 33.5 Å². The fourth-order valence-corrected chi connectivity index (χ4v) is 2.09. The van der Waals surface area contributed by atoms with Crippen LogP contribution in [0.5, 0.6) is 0 Å². The summed E-state index contributed by atoms with van der Waals surface area (Å²) in [5.41, 5.74) is 0. The van der Waals surface area contributed by atoms with E-state index >= 15 is 0 Å². The zero-order valence-electron chi connectivity index (χ0n) is 10.1. The Balaban J connectivity index is 1.62. The zero-order valence-corrected chi connectivity index (χ0v) is 10.1. The van der Waals surface area contributed by atoms with E-state index in [9.17, 15) is 9.59 Å². The molecule has 1 aliphatic carbocycles. The topological polar surface area (TPSA) is 99.8 Å². The first kappa shape index (κ1) is 12.5. The molecule has 7 heteroatoms. The summed E-state index contributed by atoms with van der Waals surface area (Å²) < 4.78 is 0. The molecular formula is C11H17N5O2. The average Bonchev–Trinajstić information content (AvgIpc) is 3.00. The van der Waals surface area contributed by atoms with Crippen molar-refractivity contribution in [2.75, 3.05) is 11.9 Å². The third kappa shape index (κ3) is 3.54. The van der Waals surface area contributed by atoms with Gasteiger partial charge in [-0.25, -0.2) is 5.10 Å². The maximum absolute atomic E-state index is 11.7. The second-order valence-electron chi connectivity index (χ2n) is 4.40. The van der Waals surface area contributed by atoms with Crippen molar-refractivity contribution in [1.82, 2.24) is 20.5 Å².